The zero-order chi connectivity index (χ0) is 14.9. The van der Waals surface area contributed by atoms with Crippen LogP contribution in [0.2, 0.25) is 0 Å². The van der Waals surface area contributed by atoms with E-state index in [0.29, 0.717) is 6.61 Å². The van der Waals surface area contributed by atoms with Gasteiger partial charge in [0, 0.05) is 38.3 Å². The first kappa shape index (κ1) is 15.8. The zero-order valence-electron chi connectivity index (χ0n) is 12.7. The number of hydrogen-bond acceptors (Lipinski definition) is 4. The van der Waals surface area contributed by atoms with Crippen LogP contribution in [0.1, 0.15) is 12.5 Å². The molecule has 1 aliphatic rings. The molecule has 1 fully saturated rings. The Kier molecular flexibility index (Phi) is 6.55. The molecule has 0 spiro atoms. The van der Waals surface area contributed by atoms with E-state index in [2.05, 4.69) is 28.6 Å². The summed E-state index contributed by atoms with van der Waals surface area (Å²) in [6, 6.07) is 7.68. The van der Waals surface area contributed by atoms with Crippen molar-refractivity contribution in [1.29, 1.82) is 0 Å². The Morgan fingerprint density at radius 2 is 1.76 bits per heavy atom. The Bertz CT molecular complexity index is 468. The van der Waals surface area contributed by atoms with E-state index in [1.165, 1.54) is 0 Å². The number of benzene rings is 1. The molecule has 114 valence electrons. The summed E-state index contributed by atoms with van der Waals surface area (Å²) in [4.78, 5) is 4.93. The minimum Gasteiger partial charge on any atom is -0.492 e. The molecule has 0 bridgehead atoms. The van der Waals surface area contributed by atoms with Crippen molar-refractivity contribution < 1.29 is 9.84 Å². The summed E-state index contributed by atoms with van der Waals surface area (Å²) in [5, 5.41) is 8.65. The highest BCUT2D eigenvalue weighted by atomic mass is 16.5. The summed E-state index contributed by atoms with van der Waals surface area (Å²) >= 11 is 0. The summed E-state index contributed by atoms with van der Waals surface area (Å²) in [6.45, 7) is 9.54. The normalized spacial score (nSPS) is 16.3. The molecular weight excluding hydrogens is 264 g/mol. The Morgan fingerprint density at radius 3 is 2.38 bits per heavy atom. The molecule has 4 heteroatoms. The van der Waals surface area contributed by atoms with Gasteiger partial charge in [-0.1, -0.05) is 18.8 Å². The monoisotopic (exact) mass is 288 g/mol. The first-order valence-electron chi connectivity index (χ1n) is 7.59. The molecule has 1 aromatic carbocycles. The number of ether oxygens (including phenoxy) is 1. The molecule has 0 saturated carbocycles. The zero-order valence-corrected chi connectivity index (χ0v) is 12.7. The molecule has 2 rings (SSSR count). The fourth-order valence-electron chi connectivity index (χ4n) is 2.40. The van der Waals surface area contributed by atoms with Crippen molar-refractivity contribution in [3.8, 4) is 17.6 Å². The van der Waals surface area contributed by atoms with Crippen molar-refractivity contribution >= 4 is 0 Å². The van der Waals surface area contributed by atoms with E-state index in [-0.39, 0.29) is 6.61 Å². The molecule has 1 saturated heterocycles. The van der Waals surface area contributed by atoms with E-state index in [1.54, 1.807) is 0 Å². The predicted octanol–water partition coefficient (Wildman–Crippen LogP) is 1.05. The summed E-state index contributed by atoms with van der Waals surface area (Å²) in [5.74, 6) is 6.38. The number of piperazine rings is 1. The maximum absolute atomic E-state index is 8.65. The number of aliphatic hydroxyl groups excluding tert-OH is 1. The second kappa shape index (κ2) is 8.68. The fourth-order valence-corrected chi connectivity index (χ4v) is 2.40. The van der Waals surface area contributed by atoms with Crippen molar-refractivity contribution in [2.45, 2.75) is 6.92 Å². The Hall–Kier alpha value is -1.54. The van der Waals surface area contributed by atoms with Gasteiger partial charge in [0.25, 0.3) is 0 Å². The van der Waals surface area contributed by atoms with Crippen LogP contribution in [0.5, 0.6) is 5.75 Å². The molecule has 1 heterocycles. The first-order valence-corrected chi connectivity index (χ1v) is 7.59. The van der Waals surface area contributed by atoms with Crippen molar-refractivity contribution in [3.63, 3.8) is 0 Å². The van der Waals surface area contributed by atoms with Gasteiger partial charge in [-0.2, -0.15) is 0 Å². The number of hydrogen-bond donors (Lipinski definition) is 1. The van der Waals surface area contributed by atoms with Crippen LogP contribution in [0.15, 0.2) is 24.3 Å². The van der Waals surface area contributed by atoms with E-state index in [0.717, 1.165) is 50.6 Å². The smallest absolute Gasteiger partial charge is 0.119 e. The lowest BCUT2D eigenvalue weighted by Gasteiger charge is -2.33. The van der Waals surface area contributed by atoms with Crippen molar-refractivity contribution in [3.05, 3.63) is 29.8 Å². The van der Waals surface area contributed by atoms with Crippen LogP contribution < -0.4 is 4.74 Å². The average Bonchev–Trinajstić information content (AvgIpc) is 2.55. The second-order valence-electron chi connectivity index (χ2n) is 5.11. The fraction of sp³-hybridized carbons (Fsp3) is 0.529. The minimum absolute atomic E-state index is 0.108. The SMILES string of the molecule is CCN1CCN(CCOc2ccc(C#CCO)cc2)CC1. The van der Waals surface area contributed by atoms with Crippen LogP contribution in [0, 0.1) is 11.8 Å². The number of likely N-dealkylation sites (N-methyl/N-ethyl adjacent to an activating group) is 1. The third-order valence-corrected chi connectivity index (χ3v) is 3.75. The van der Waals surface area contributed by atoms with Gasteiger partial charge in [-0.25, -0.2) is 0 Å². The van der Waals surface area contributed by atoms with Gasteiger partial charge in [-0.05, 0) is 30.8 Å². The van der Waals surface area contributed by atoms with Gasteiger partial charge >= 0.3 is 0 Å². The van der Waals surface area contributed by atoms with Crippen LogP contribution in [0.3, 0.4) is 0 Å². The highest BCUT2D eigenvalue weighted by Gasteiger charge is 2.14. The first-order chi connectivity index (χ1) is 10.3. The molecule has 0 unspecified atom stereocenters. The lowest BCUT2D eigenvalue weighted by Crippen LogP contribution is -2.47. The lowest BCUT2D eigenvalue weighted by molar-refractivity contribution is 0.121. The summed E-state index contributed by atoms with van der Waals surface area (Å²) in [5.41, 5.74) is 0.895. The van der Waals surface area contributed by atoms with E-state index in [4.69, 9.17) is 9.84 Å². The minimum atomic E-state index is -0.108. The Balaban J connectivity index is 1.69. The van der Waals surface area contributed by atoms with Crippen molar-refractivity contribution in [2.75, 3.05) is 52.5 Å². The quantitative estimate of drug-likeness (QED) is 0.822. The Morgan fingerprint density at radius 1 is 1.10 bits per heavy atom. The molecule has 0 aromatic heterocycles. The largest absolute Gasteiger partial charge is 0.492 e. The molecule has 4 nitrogen and oxygen atoms in total. The van der Waals surface area contributed by atoms with Gasteiger partial charge < -0.3 is 14.7 Å². The predicted molar refractivity (Wildman–Crippen MR) is 84.5 cm³/mol. The van der Waals surface area contributed by atoms with Crippen LogP contribution in [-0.4, -0.2) is 67.4 Å². The third-order valence-electron chi connectivity index (χ3n) is 3.75. The summed E-state index contributed by atoms with van der Waals surface area (Å²) in [6.07, 6.45) is 0. The maximum atomic E-state index is 8.65. The molecule has 21 heavy (non-hydrogen) atoms. The van der Waals surface area contributed by atoms with E-state index < -0.39 is 0 Å². The topological polar surface area (TPSA) is 35.9 Å². The van der Waals surface area contributed by atoms with Gasteiger partial charge in [0.15, 0.2) is 0 Å². The highest BCUT2D eigenvalue weighted by molar-refractivity contribution is 5.38. The molecule has 0 atom stereocenters. The van der Waals surface area contributed by atoms with Gasteiger partial charge in [0.1, 0.15) is 19.0 Å². The highest BCUT2D eigenvalue weighted by Crippen LogP contribution is 2.11. The maximum Gasteiger partial charge on any atom is 0.119 e. The van der Waals surface area contributed by atoms with E-state index in [1.807, 2.05) is 24.3 Å². The van der Waals surface area contributed by atoms with E-state index >= 15 is 0 Å². The molecule has 1 N–H and O–H groups in total. The van der Waals surface area contributed by atoms with Crippen molar-refractivity contribution in [2.24, 2.45) is 0 Å². The van der Waals surface area contributed by atoms with Crippen LogP contribution in [0.4, 0.5) is 0 Å². The lowest BCUT2D eigenvalue weighted by atomic mass is 10.2. The molecule has 1 aromatic rings. The number of nitrogens with zero attached hydrogens (tertiary/aromatic N) is 2. The van der Waals surface area contributed by atoms with E-state index in [9.17, 15) is 0 Å². The third kappa shape index (κ3) is 5.39. The van der Waals surface area contributed by atoms with Crippen LogP contribution >= 0.6 is 0 Å². The Labute approximate surface area is 127 Å². The van der Waals surface area contributed by atoms with Gasteiger partial charge in [-0.15, -0.1) is 0 Å². The molecule has 0 radical (unpaired) electrons. The molecule has 1 aliphatic heterocycles. The van der Waals surface area contributed by atoms with Crippen LogP contribution in [-0.2, 0) is 0 Å². The second-order valence-corrected chi connectivity index (χ2v) is 5.11. The summed E-state index contributed by atoms with van der Waals surface area (Å²) < 4.78 is 5.77. The molecule has 0 aliphatic carbocycles. The van der Waals surface area contributed by atoms with Gasteiger partial charge in [0.2, 0.25) is 0 Å². The number of aliphatic hydroxyl groups is 1. The standard InChI is InChI=1S/C17H24N2O2/c1-2-18-9-11-19(12-10-18)13-15-21-17-7-5-16(6-8-17)4-3-14-20/h5-8,20H,2,9-15H2,1H3. The molecular formula is C17H24N2O2. The number of rotatable bonds is 5. The average molecular weight is 288 g/mol. The molecule has 0 amide bonds. The van der Waals surface area contributed by atoms with Crippen molar-refractivity contribution in [1.82, 2.24) is 9.80 Å². The van der Waals surface area contributed by atoms with Gasteiger partial charge in [0.05, 0.1) is 0 Å². The van der Waals surface area contributed by atoms with Crippen LogP contribution in [0.25, 0.3) is 0 Å². The summed E-state index contributed by atoms with van der Waals surface area (Å²) in [7, 11) is 0. The van der Waals surface area contributed by atoms with Gasteiger partial charge in [-0.3, -0.25) is 4.90 Å².